The van der Waals surface area contributed by atoms with Gasteiger partial charge < -0.3 is 20.3 Å². The number of aliphatic hydroxyl groups excluding tert-OH is 1. The average Bonchev–Trinajstić information content (AvgIpc) is 2.46. The molecule has 0 aliphatic heterocycles. The number of unbranched alkanes of at least 4 members (excludes halogenated alkanes) is 1. The molecule has 1 rings (SSSR count). The quantitative estimate of drug-likeness (QED) is 0.577. The first-order valence-electron chi connectivity index (χ1n) is 7.44. The van der Waals surface area contributed by atoms with Crippen molar-refractivity contribution in [2.45, 2.75) is 45.3 Å². The third kappa shape index (κ3) is 6.14. The Kier molecular flexibility index (Phi) is 7.79. The minimum atomic E-state index is -0.922. The van der Waals surface area contributed by atoms with Crippen LogP contribution in [0.3, 0.4) is 0 Å². The Hall–Kier alpha value is -1.59. The molecule has 0 saturated heterocycles. The molecule has 0 amide bonds. The van der Waals surface area contributed by atoms with E-state index >= 15 is 0 Å². The molecule has 118 valence electrons. The van der Waals surface area contributed by atoms with Crippen LogP contribution in [-0.2, 0) is 4.79 Å². The molecule has 0 fully saturated rings. The third-order valence-electron chi connectivity index (χ3n) is 3.25. The molecule has 0 saturated carbocycles. The fourth-order valence-electron chi connectivity index (χ4n) is 2.11. The van der Waals surface area contributed by atoms with Crippen LogP contribution in [0.25, 0.3) is 0 Å². The lowest BCUT2D eigenvalue weighted by molar-refractivity contribution is -0.138. The SMILES string of the molecule is CCCCNC(CC(=O)O)C(O)c1ccc(OCC)cc1. The zero-order valence-electron chi connectivity index (χ0n) is 12.7. The molecule has 1 aromatic carbocycles. The summed E-state index contributed by atoms with van der Waals surface area (Å²) in [7, 11) is 0. The number of carboxylic acids is 1. The Bertz CT molecular complexity index is 419. The largest absolute Gasteiger partial charge is 0.494 e. The van der Waals surface area contributed by atoms with Gasteiger partial charge in [0, 0.05) is 6.04 Å². The van der Waals surface area contributed by atoms with Crippen molar-refractivity contribution in [2.75, 3.05) is 13.2 Å². The number of benzene rings is 1. The molecule has 0 bridgehead atoms. The smallest absolute Gasteiger partial charge is 0.305 e. The van der Waals surface area contributed by atoms with Gasteiger partial charge in [0.1, 0.15) is 5.75 Å². The number of aliphatic hydroxyl groups is 1. The van der Waals surface area contributed by atoms with Crippen molar-refractivity contribution >= 4 is 5.97 Å². The van der Waals surface area contributed by atoms with Crippen LogP contribution in [0, 0.1) is 0 Å². The summed E-state index contributed by atoms with van der Waals surface area (Å²) < 4.78 is 5.35. The second-order valence-electron chi connectivity index (χ2n) is 4.96. The number of carbonyl (C=O) groups is 1. The van der Waals surface area contributed by atoms with E-state index in [1.807, 2.05) is 6.92 Å². The molecule has 0 aliphatic rings. The van der Waals surface area contributed by atoms with Gasteiger partial charge in [0.2, 0.25) is 0 Å². The van der Waals surface area contributed by atoms with Gasteiger partial charge in [-0.3, -0.25) is 4.79 Å². The van der Waals surface area contributed by atoms with Crippen molar-refractivity contribution in [1.82, 2.24) is 5.32 Å². The predicted molar refractivity (Wildman–Crippen MR) is 81.5 cm³/mol. The van der Waals surface area contributed by atoms with Gasteiger partial charge >= 0.3 is 5.97 Å². The molecule has 5 nitrogen and oxygen atoms in total. The lowest BCUT2D eigenvalue weighted by atomic mass is 9.99. The highest BCUT2D eigenvalue weighted by Gasteiger charge is 2.23. The van der Waals surface area contributed by atoms with Crippen LogP contribution >= 0.6 is 0 Å². The molecule has 5 heteroatoms. The lowest BCUT2D eigenvalue weighted by Crippen LogP contribution is -2.37. The normalized spacial score (nSPS) is 13.7. The fraction of sp³-hybridized carbons (Fsp3) is 0.562. The number of ether oxygens (including phenoxy) is 1. The van der Waals surface area contributed by atoms with E-state index in [1.54, 1.807) is 24.3 Å². The van der Waals surface area contributed by atoms with E-state index in [-0.39, 0.29) is 6.42 Å². The van der Waals surface area contributed by atoms with Crippen LogP contribution in [0.2, 0.25) is 0 Å². The number of rotatable bonds is 10. The Labute approximate surface area is 125 Å². The standard InChI is InChI=1S/C16H25NO4/c1-3-5-10-17-14(11-15(18)19)16(20)12-6-8-13(9-7-12)21-4-2/h6-9,14,16-17,20H,3-5,10-11H2,1-2H3,(H,18,19). The van der Waals surface area contributed by atoms with Crippen molar-refractivity contribution in [3.63, 3.8) is 0 Å². The van der Waals surface area contributed by atoms with Gasteiger partial charge in [0.05, 0.1) is 19.1 Å². The first-order chi connectivity index (χ1) is 10.1. The first kappa shape index (κ1) is 17.5. The molecule has 0 spiro atoms. The Morgan fingerprint density at radius 1 is 1.29 bits per heavy atom. The Balaban J connectivity index is 2.72. The number of aliphatic carboxylic acids is 1. The van der Waals surface area contributed by atoms with Gasteiger partial charge in [-0.15, -0.1) is 0 Å². The summed E-state index contributed by atoms with van der Waals surface area (Å²) in [6.07, 6.45) is 1.00. The van der Waals surface area contributed by atoms with Crippen molar-refractivity contribution in [1.29, 1.82) is 0 Å². The summed E-state index contributed by atoms with van der Waals surface area (Å²) in [5.74, 6) is -0.184. The maximum Gasteiger partial charge on any atom is 0.305 e. The van der Waals surface area contributed by atoms with Crippen LogP contribution in [0.5, 0.6) is 5.75 Å². The van der Waals surface area contributed by atoms with Crippen molar-refractivity contribution in [3.05, 3.63) is 29.8 Å². The monoisotopic (exact) mass is 295 g/mol. The van der Waals surface area contributed by atoms with E-state index in [9.17, 15) is 9.90 Å². The highest BCUT2D eigenvalue weighted by molar-refractivity contribution is 5.67. The van der Waals surface area contributed by atoms with E-state index in [4.69, 9.17) is 9.84 Å². The maximum absolute atomic E-state index is 10.9. The number of hydrogen-bond acceptors (Lipinski definition) is 4. The summed E-state index contributed by atoms with van der Waals surface area (Å²) in [4.78, 5) is 10.9. The summed E-state index contributed by atoms with van der Waals surface area (Å²) in [6.45, 7) is 5.25. The highest BCUT2D eigenvalue weighted by atomic mass is 16.5. The van der Waals surface area contributed by atoms with E-state index in [0.29, 0.717) is 18.7 Å². The maximum atomic E-state index is 10.9. The molecular formula is C16H25NO4. The fourth-order valence-corrected chi connectivity index (χ4v) is 2.11. The van der Waals surface area contributed by atoms with E-state index < -0.39 is 18.1 Å². The molecule has 0 radical (unpaired) electrons. The Morgan fingerprint density at radius 2 is 1.95 bits per heavy atom. The van der Waals surface area contributed by atoms with Gasteiger partial charge in [-0.05, 0) is 37.6 Å². The summed E-state index contributed by atoms with van der Waals surface area (Å²) >= 11 is 0. The molecular weight excluding hydrogens is 270 g/mol. The second kappa shape index (κ2) is 9.37. The Morgan fingerprint density at radius 3 is 2.48 bits per heavy atom. The molecule has 2 unspecified atom stereocenters. The topological polar surface area (TPSA) is 78.8 Å². The van der Waals surface area contributed by atoms with Crippen LogP contribution in [0.4, 0.5) is 0 Å². The third-order valence-corrected chi connectivity index (χ3v) is 3.25. The van der Waals surface area contributed by atoms with E-state index in [0.717, 1.165) is 18.6 Å². The number of hydrogen-bond donors (Lipinski definition) is 3. The molecule has 0 heterocycles. The minimum absolute atomic E-state index is 0.113. The summed E-state index contributed by atoms with van der Waals surface area (Å²) in [6, 6.07) is 6.61. The van der Waals surface area contributed by atoms with Gasteiger partial charge in [-0.2, -0.15) is 0 Å². The van der Waals surface area contributed by atoms with Crippen LogP contribution in [0.1, 0.15) is 44.8 Å². The van der Waals surface area contributed by atoms with Crippen molar-refractivity contribution in [2.24, 2.45) is 0 Å². The van der Waals surface area contributed by atoms with Gasteiger partial charge in [-0.25, -0.2) is 0 Å². The summed E-state index contributed by atoms with van der Waals surface area (Å²) in [5.41, 5.74) is 0.689. The van der Waals surface area contributed by atoms with Crippen LogP contribution in [0.15, 0.2) is 24.3 Å². The zero-order chi connectivity index (χ0) is 15.7. The van der Waals surface area contributed by atoms with Gasteiger partial charge in [0.25, 0.3) is 0 Å². The molecule has 1 aromatic rings. The predicted octanol–water partition coefficient (Wildman–Crippen LogP) is 2.35. The number of nitrogens with one attached hydrogen (secondary N) is 1. The van der Waals surface area contributed by atoms with Crippen LogP contribution in [-0.4, -0.2) is 35.4 Å². The van der Waals surface area contributed by atoms with Gasteiger partial charge in [0.15, 0.2) is 0 Å². The molecule has 0 aliphatic carbocycles. The van der Waals surface area contributed by atoms with E-state index in [2.05, 4.69) is 12.2 Å². The molecule has 2 atom stereocenters. The summed E-state index contributed by atoms with van der Waals surface area (Å²) in [5, 5.41) is 22.5. The molecule has 0 aromatic heterocycles. The lowest BCUT2D eigenvalue weighted by Gasteiger charge is -2.23. The molecule has 21 heavy (non-hydrogen) atoms. The van der Waals surface area contributed by atoms with Crippen LogP contribution < -0.4 is 10.1 Å². The average molecular weight is 295 g/mol. The number of carboxylic acid groups (broad SMARTS) is 1. The van der Waals surface area contributed by atoms with Crippen molar-refractivity contribution < 1.29 is 19.7 Å². The zero-order valence-corrected chi connectivity index (χ0v) is 12.7. The van der Waals surface area contributed by atoms with E-state index in [1.165, 1.54) is 0 Å². The first-order valence-corrected chi connectivity index (χ1v) is 7.44. The van der Waals surface area contributed by atoms with Crippen molar-refractivity contribution in [3.8, 4) is 5.75 Å². The molecule has 3 N–H and O–H groups in total. The highest BCUT2D eigenvalue weighted by Crippen LogP contribution is 2.22. The second-order valence-corrected chi connectivity index (χ2v) is 4.96. The van der Waals surface area contributed by atoms with Gasteiger partial charge in [-0.1, -0.05) is 25.5 Å². The minimum Gasteiger partial charge on any atom is -0.494 e.